The number of para-hydroxylation sites is 2. The third-order valence-electron chi connectivity index (χ3n) is 7.75. The van der Waals surface area contributed by atoms with Gasteiger partial charge in [0.05, 0.1) is 23.8 Å². The third kappa shape index (κ3) is 3.94. The number of nitrogens with one attached hydrogen (secondary N) is 1. The average molecular weight is 497 g/mol. The molecule has 2 aliphatic heterocycles. The number of hydrogen-bond donors (Lipinski definition) is 1. The second kappa shape index (κ2) is 8.92. The molecule has 1 N–H and O–H groups in total. The number of amides is 1. The van der Waals surface area contributed by atoms with Crippen molar-refractivity contribution in [2.75, 3.05) is 24.7 Å². The van der Waals surface area contributed by atoms with Gasteiger partial charge in [-0.15, -0.1) is 5.10 Å². The summed E-state index contributed by atoms with van der Waals surface area (Å²) >= 11 is 0. The van der Waals surface area contributed by atoms with E-state index in [1.165, 1.54) is 0 Å². The highest BCUT2D eigenvalue weighted by atomic mass is 16.2. The number of fused-ring (bicyclic) bond motifs is 1. The smallest absolute Gasteiger partial charge is 0.247 e. The van der Waals surface area contributed by atoms with Gasteiger partial charge in [0.25, 0.3) is 0 Å². The average Bonchev–Trinajstić information content (AvgIpc) is 3.52. The van der Waals surface area contributed by atoms with Crippen molar-refractivity contribution in [2.45, 2.75) is 50.7 Å². The number of carbonyl (C=O) groups is 1. The minimum atomic E-state index is -0.557. The molecule has 0 bridgehead atoms. The number of likely N-dealkylation sites (tertiary alicyclic amines) is 1. The summed E-state index contributed by atoms with van der Waals surface area (Å²) in [5.41, 5.74) is 2.30. The van der Waals surface area contributed by atoms with Crippen molar-refractivity contribution in [2.24, 2.45) is 0 Å². The molecule has 2 aromatic heterocycles. The van der Waals surface area contributed by atoms with E-state index in [1.807, 2.05) is 47.3 Å². The van der Waals surface area contributed by atoms with Crippen LogP contribution in [0, 0.1) is 0 Å². The van der Waals surface area contributed by atoms with Crippen LogP contribution in [0.15, 0.2) is 66.9 Å². The molecule has 4 aromatic rings. The second-order valence-corrected chi connectivity index (χ2v) is 10.9. The summed E-state index contributed by atoms with van der Waals surface area (Å²) in [6, 6.07) is 20.3. The molecule has 0 radical (unpaired) electrons. The minimum absolute atomic E-state index is 0.112. The van der Waals surface area contributed by atoms with Crippen molar-refractivity contribution in [1.82, 2.24) is 35.4 Å². The normalized spacial score (nSPS) is 18.9. The van der Waals surface area contributed by atoms with Gasteiger partial charge >= 0.3 is 0 Å². The Morgan fingerprint density at radius 2 is 1.70 bits per heavy atom. The van der Waals surface area contributed by atoms with Crippen molar-refractivity contribution >= 4 is 22.5 Å². The highest BCUT2D eigenvalue weighted by molar-refractivity contribution is 5.93. The summed E-state index contributed by atoms with van der Waals surface area (Å²) in [4.78, 5) is 22.5. The Bertz CT molecular complexity index is 1410. The zero-order valence-electron chi connectivity index (χ0n) is 21.5. The standard InChI is InChI=1S/C28H32N8O/c1-27(2,3)36-25(31-32-33-36)24(22-13-16-29-23-12-8-7-11-21(22)23)34-17-14-28(15-18-34)26(37)30-19-35(28)20-9-5-4-6-10-20/h4-13,16,24H,14-15,17-19H2,1-3H3,(H,30,37). The summed E-state index contributed by atoms with van der Waals surface area (Å²) in [6.45, 7) is 8.33. The predicted octanol–water partition coefficient (Wildman–Crippen LogP) is 3.49. The lowest BCUT2D eigenvalue weighted by Gasteiger charge is -2.45. The van der Waals surface area contributed by atoms with Gasteiger partial charge in [-0.1, -0.05) is 36.4 Å². The molecule has 1 spiro atoms. The molecule has 2 fully saturated rings. The van der Waals surface area contributed by atoms with Gasteiger partial charge in [0.1, 0.15) is 5.54 Å². The van der Waals surface area contributed by atoms with Crippen LogP contribution in [0.5, 0.6) is 0 Å². The topological polar surface area (TPSA) is 92.1 Å². The van der Waals surface area contributed by atoms with Crippen LogP contribution in [0.1, 0.15) is 51.0 Å². The van der Waals surface area contributed by atoms with E-state index in [1.54, 1.807) is 0 Å². The van der Waals surface area contributed by atoms with E-state index in [0.717, 1.165) is 41.1 Å². The number of benzene rings is 2. The van der Waals surface area contributed by atoms with Gasteiger partial charge in [-0.25, -0.2) is 4.68 Å². The molecule has 2 aromatic carbocycles. The number of anilines is 1. The van der Waals surface area contributed by atoms with Crippen LogP contribution in [0.25, 0.3) is 10.9 Å². The molecule has 9 heteroatoms. The van der Waals surface area contributed by atoms with Gasteiger partial charge in [0.2, 0.25) is 5.91 Å². The molecule has 2 aliphatic rings. The van der Waals surface area contributed by atoms with E-state index in [0.29, 0.717) is 19.5 Å². The van der Waals surface area contributed by atoms with E-state index in [-0.39, 0.29) is 17.5 Å². The van der Waals surface area contributed by atoms with Crippen molar-refractivity contribution in [3.8, 4) is 0 Å². The molecule has 6 rings (SSSR count). The van der Waals surface area contributed by atoms with Gasteiger partial charge in [-0.3, -0.25) is 14.7 Å². The van der Waals surface area contributed by atoms with Gasteiger partial charge in [0, 0.05) is 30.4 Å². The second-order valence-electron chi connectivity index (χ2n) is 10.9. The monoisotopic (exact) mass is 496 g/mol. The van der Waals surface area contributed by atoms with Gasteiger partial charge in [-0.05, 0) is 73.9 Å². The molecule has 0 aliphatic carbocycles. The fourth-order valence-electron chi connectivity index (χ4n) is 5.88. The summed E-state index contributed by atoms with van der Waals surface area (Å²) in [5, 5.41) is 17.2. The number of aromatic nitrogens is 5. The van der Waals surface area contributed by atoms with E-state index < -0.39 is 5.54 Å². The van der Waals surface area contributed by atoms with Crippen LogP contribution in [-0.4, -0.2) is 61.3 Å². The fraction of sp³-hybridized carbons (Fsp3) is 0.393. The van der Waals surface area contributed by atoms with Crippen molar-refractivity contribution in [1.29, 1.82) is 0 Å². The summed E-state index contributed by atoms with van der Waals surface area (Å²) in [6.07, 6.45) is 3.29. The fourth-order valence-corrected chi connectivity index (χ4v) is 5.88. The number of rotatable bonds is 4. The van der Waals surface area contributed by atoms with Crippen molar-refractivity contribution in [3.05, 3.63) is 78.2 Å². The zero-order valence-corrected chi connectivity index (χ0v) is 21.5. The quantitative estimate of drug-likeness (QED) is 0.462. The number of tetrazole rings is 1. The third-order valence-corrected chi connectivity index (χ3v) is 7.75. The Morgan fingerprint density at radius 1 is 0.973 bits per heavy atom. The van der Waals surface area contributed by atoms with Crippen LogP contribution < -0.4 is 10.2 Å². The first-order valence-corrected chi connectivity index (χ1v) is 12.9. The van der Waals surface area contributed by atoms with E-state index >= 15 is 0 Å². The molecule has 2 saturated heterocycles. The highest BCUT2D eigenvalue weighted by Gasteiger charge is 2.51. The molecular weight excluding hydrogens is 464 g/mol. The lowest BCUT2D eigenvalue weighted by molar-refractivity contribution is -0.125. The molecule has 9 nitrogen and oxygen atoms in total. The summed E-state index contributed by atoms with van der Waals surface area (Å²) in [7, 11) is 0. The Hall–Kier alpha value is -3.85. The molecule has 4 heterocycles. The zero-order chi connectivity index (χ0) is 25.6. The maximum Gasteiger partial charge on any atom is 0.247 e. The lowest BCUT2D eigenvalue weighted by Crippen LogP contribution is -2.57. The summed E-state index contributed by atoms with van der Waals surface area (Å²) in [5.74, 6) is 0.914. The van der Waals surface area contributed by atoms with Crippen LogP contribution in [0.2, 0.25) is 0 Å². The first-order valence-electron chi connectivity index (χ1n) is 12.9. The Morgan fingerprint density at radius 3 is 2.46 bits per heavy atom. The van der Waals surface area contributed by atoms with Crippen molar-refractivity contribution in [3.63, 3.8) is 0 Å². The van der Waals surface area contributed by atoms with Crippen LogP contribution in [-0.2, 0) is 10.3 Å². The van der Waals surface area contributed by atoms with Gasteiger partial charge in [0.15, 0.2) is 5.82 Å². The van der Waals surface area contributed by atoms with E-state index in [2.05, 4.69) is 80.7 Å². The van der Waals surface area contributed by atoms with Crippen LogP contribution in [0.4, 0.5) is 5.69 Å². The number of nitrogens with zero attached hydrogens (tertiary/aromatic N) is 7. The minimum Gasteiger partial charge on any atom is -0.339 e. The highest BCUT2D eigenvalue weighted by Crippen LogP contribution is 2.41. The lowest BCUT2D eigenvalue weighted by atomic mass is 9.84. The van der Waals surface area contributed by atoms with Crippen LogP contribution in [0.3, 0.4) is 0 Å². The molecule has 0 saturated carbocycles. The molecule has 1 unspecified atom stereocenters. The molecule has 1 atom stereocenters. The molecule has 1 amide bonds. The predicted molar refractivity (Wildman–Crippen MR) is 142 cm³/mol. The first kappa shape index (κ1) is 23.5. The number of pyridine rings is 1. The molecule has 37 heavy (non-hydrogen) atoms. The Kier molecular flexibility index (Phi) is 5.67. The Labute approximate surface area is 216 Å². The maximum atomic E-state index is 13.3. The molecule has 190 valence electrons. The van der Waals surface area contributed by atoms with E-state index in [9.17, 15) is 4.79 Å². The Balaban J connectivity index is 1.40. The number of carbonyl (C=O) groups excluding carboxylic acids is 1. The van der Waals surface area contributed by atoms with Gasteiger partial charge in [-0.2, -0.15) is 0 Å². The largest absolute Gasteiger partial charge is 0.339 e. The van der Waals surface area contributed by atoms with Gasteiger partial charge < -0.3 is 10.2 Å². The maximum absolute atomic E-state index is 13.3. The summed E-state index contributed by atoms with van der Waals surface area (Å²) < 4.78 is 1.93. The molecular formula is C28H32N8O. The first-order chi connectivity index (χ1) is 17.9. The number of hydrogen-bond acceptors (Lipinski definition) is 7. The van der Waals surface area contributed by atoms with E-state index in [4.69, 9.17) is 0 Å². The SMILES string of the molecule is CC(C)(C)n1nnnc1C(c1ccnc2ccccc12)N1CCC2(CC1)C(=O)NCN2c1ccccc1. The van der Waals surface area contributed by atoms with Crippen molar-refractivity contribution < 1.29 is 4.79 Å². The van der Waals surface area contributed by atoms with Crippen LogP contribution >= 0.6 is 0 Å². The number of piperidine rings is 1.